The Labute approximate surface area is 157 Å². The first kappa shape index (κ1) is 27.1. The summed E-state index contributed by atoms with van der Waals surface area (Å²) in [6, 6.07) is 0.823. The smallest absolute Gasteiger partial charge is 0.306 e. The van der Waals surface area contributed by atoms with Crippen molar-refractivity contribution in [2.75, 3.05) is 14.1 Å². The van der Waals surface area contributed by atoms with Crippen molar-refractivity contribution in [3.8, 4) is 0 Å². The van der Waals surface area contributed by atoms with E-state index in [1.165, 1.54) is 89.9 Å². The summed E-state index contributed by atoms with van der Waals surface area (Å²) in [4.78, 5) is 2.43. The summed E-state index contributed by atoms with van der Waals surface area (Å²) >= 11 is 0. The van der Waals surface area contributed by atoms with Crippen LogP contribution < -0.4 is 0 Å². The Morgan fingerprint density at radius 3 is 1.36 bits per heavy atom. The monoisotopic (exact) mass is 381 g/mol. The predicted molar refractivity (Wildman–Crippen MR) is 108 cm³/mol. The molecule has 0 aromatic rings. The van der Waals surface area contributed by atoms with Gasteiger partial charge in [-0.15, -0.1) is 0 Å². The lowest BCUT2D eigenvalue weighted by Gasteiger charge is -2.24. The van der Waals surface area contributed by atoms with Crippen molar-refractivity contribution < 1.29 is 17.5 Å². The van der Waals surface area contributed by atoms with Crippen LogP contribution in [0.5, 0.6) is 0 Å². The van der Waals surface area contributed by atoms with Crippen molar-refractivity contribution in [2.45, 2.75) is 110 Å². The fourth-order valence-electron chi connectivity index (χ4n) is 2.97. The summed E-state index contributed by atoms with van der Waals surface area (Å²) in [7, 11) is -0.173. The molecule has 1 unspecified atom stereocenters. The van der Waals surface area contributed by atoms with Crippen molar-refractivity contribution >= 4 is 10.4 Å². The van der Waals surface area contributed by atoms with Crippen LogP contribution in [0.15, 0.2) is 0 Å². The largest absolute Gasteiger partial charge is 0.394 e. The fraction of sp³-hybridized carbons (Fsp3) is 1.00. The first-order valence-electron chi connectivity index (χ1n) is 10.1. The minimum Gasteiger partial charge on any atom is -0.306 e. The van der Waals surface area contributed by atoms with Crippen LogP contribution in [-0.4, -0.2) is 42.6 Å². The zero-order valence-corrected chi connectivity index (χ0v) is 17.9. The summed E-state index contributed by atoms with van der Waals surface area (Å²) < 4.78 is 31.6. The third-order valence-corrected chi connectivity index (χ3v) is 4.51. The molecule has 0 radical (unpaired) electrons. The molecule has 2 N–H and O–H groups in total. The first-order chi connectivity index (χ1) is 11.7. The van der Waals surface area contributed by atoms with E-state index in [1.54, 1.807) is 0 Å². The summed E-state index contributed by atoms with van der Waals surface area (Å²) in [6.45, 7) is 4.59. The molecule has 1 atom stereocenters. The van der Waals surface area contributed by atoms with Crippen LogP contribution in [0.4, 0.5) is 0 Å². The highest BCUT2D eigenvalue weighted by Gasteiger charge is 2.09. The minimum absolute atomic E-state index is 0.823. The maximum Gasteiger partial charge on any atom is 0.394 e. The van der Waals surface area contributed by atoms with Gasteiger partial charge in [0.1, 0.15) is 0 Å². The number of hydrogen-bond acceptors (Lipinski definition) is 3. The Kier molecular flexibility index (Phi) is 20.1. The average Bonchev–Trinajstić information content (AvgIpc) is 2.50. The topological polar surface area (TPSA) is 77.8 Å². The summed E-state index contributed by atoms with van der Waals surface area (Å²) in [5.41, 5.74) is 0. The van der Waals surface area contributed by atoms with E-state index in [1.807, 2.05) is 0 Å². The van der Waals surface area contributed by atoms with Crippen molar-refractivity contribution in [3.05, 3.63) is 0 Å². The van der Waals surface area contributed by atoms with E-state index in [-0.39, 0.29) is 0 Å². The van der Waals surface area contributed by atoms with Crippen LogP contribution in [0.3, 0.4) is 0 Å². The quantitative estimate of drug-likeness (QED) is 0.278. The van der Waals surface area contributed by atoms with E-state index in [4.69, 9.17) is 17.5 Å². The predicted octanol–water partition coefficient (Wildman–Crippen LogP) is 5.77. The van der Waals surface area contributed by atoms with Gasteiger partial charge in [-0.1, -0.05) is 90.9 Å². The van der Waals surface area contributed by atoms with Gasteiger partial charge in [-0.3, -0.25) is 9.11 Å². The summed E-state index contributed by atoms with van der Waals surface area (Å²) in [5, 5.41) is 0. The van der Waals surface area contributed by atoms with Crippen LogP contribution >= 0.6 is 0 Å². The van der Waals surface area contributed by atoms with E-state index < -0.39 is 10.4 Å². The Morgan fingerprint density at radius 2 is 1.00 bits per heavy atom. The Bertz CT molecular complexity index is 350. The molecule has 0 heterocycles. The van der Waals surface area contributed by atoms with Gasteiger partial charge in [0, 0.05) is 6.04 Å². The molecule has 0 aliphatic carbocycles. The average molecular weight is 382 g/mol. The lowest BCUT2D eigenvalue weighted by Crippen LogP contribution is -2.27. The van der Waals surface area contributed by atoms with E-state index in [0.717, 1.165) is 6.04 Å². The molecule has 0 fully saturated rings. The molecule has 0 saturated heterocycles. The Hall–Kier alpha value is -0.170. The molecule has 0 spiro atoms. The van der Waals surface area contributed by atoms with Gasteiger partial charge in [0.15, 0.2) is 0 Å². The highest BCUT2D eigenvalue weighted by atomic mass is 32.3. The molecule has 0 aliphatic heterocycles. The maximum absolute atomic E-state index is 8.74. The van der Waals surface area contributed by atoms with E-state index in [2.05, 4.69) is 32.8 Å². The second kappa shape index (κ2) is 18.6. The van der Waals surface area contributed by atoms with Gasteiger partial charge >= 0.3 is 10.4 Å². The van der Waals surface area contributed by atoms with Gasteiger partial charge in [0.25, 0.3) is 0 Å². The van der Waals surface area contributed by atoms with Gasteiger partial charge in [-0.2, -0.15) is 8.42 Å². The molecular weight excluding hydrogens is 338 g/mol. The third kappa shape index (κ3) is 28.9. The molecule has 0 rings (SSSR count). The maximum atomic E-state index is 8.74. The number of rotatable bonds is 15. The van der Waals surface area contributed by atoms with E-state index >= 15 is 0 Å². The molecule has 0 aliphatic rings. The van der Waals surface area contributed by atoms with Crippen LogP contribution in [0.1, 0.15) is 104 Å². The van der Waals surface area contributed by atoms with Crippen molar-refractivity contribution in [1.29, 1.82) is 0 Å². The van der Waals surface area contributed by atoms with Crippen molar-refractivity contribution in [2.24, 2.45) is 0 Å². The van der Waals surface area contributed by atoms with Crippen molar-refractivity contribution in [1.82, 2.24) is 4.90 Å². The molecule has 0 saturated carbocycles. The number of hydrogen-bond donors (Lipinski definition) is 2. The first-order valence-corrected chi connectivity index (χ1v) is 11.5. The zero-order chi connectivity index (χ0) is 19.6. The highest BCUT2D eigenvalue weighted by Crippen LogP contribution is 2.16. The molecule has 154 valence electrons. The molecule has 25 heavy (non-hydrogen) atoms. The standard InChI is InChI=1S/C19H41N.H2O4S/c1-5-7-9-10-11-12-13-14-15-16-18-19(20(3)4)17-8-6-2;1-5(2,3)4/h19H,5-18H2,1-4H3;(H2,1,2,3,4). The van der Waals surface area contributed by atoms with Crippen LogP contribution in [-0.2, 0) is 10.4 Å². The molecule has 5 nitrogen and oxygen atoms in total. The fourth-order valence-corrected chi connectivity index (χ4v) is 2.97. The summed E-state index contributed by atoms with van der Waals surface area (Å²) in [6.07, 6.45) is 20.0. The lowest BCUT2D eigenvalue weighted by atomic mass is 10.0. The molecule has 0 aromatic heterocycles. The minimum atomic E-state index is -4.67. The summed E-state index contributed by atoms with van der Waals surface area (Å²) in [5.74, 6) is 0. The third-order valence-electron chi connectivity index (χ3n) is 4.51. The second-order valence-corrected chi connectivity index (χ2v) is 8.07. The van der Waals surface area contributed by atoms with Crippen LogP contribution in [0.25, 0.3) is 0 Å². The molecule has 0 amide bonds. The second-order valence-electron chi connectivity index (χ2n) is 7.18. The number of unbranched alkanes of at least 4 members (excludes halogenated alkanes) is 10. The van der Waals surface area contributed by atoms with Gasteiger partial charge in [0.05, 0.1) is 0 Å². The van der Waals surface area contributed by atoms with Gasteiger partial charge in [-0.05, 0) is 26.9 Å². The molecule has 0 bridgehead atoms. The Balaban J connectivity index is 0. The van der Waals surface area contributed by atoms with Gasteiger partial charge in [0.2, 0.25) is 0 Å². The normalized spacial score (nSPS) is 12.8. The molecule has 0 aromatic carbocycles. The van der Waals surface area contributed by atoms with Crippen molar-refractivity contribution in [3.63, 3.8) is 0 Å². The van der Waals surface area contributed by atoms with E-state index in [9.17, 15) is 0 Å². The van der Waals surface area contributed by atoms with Gasteiger partial charge < -0.3 is 4.90 Å². The molecular formula is C19H43NO4S. The van der Waals surface area contributed by atoms with Crippen LogP contribution in [0, 0.1) is 0 Å². The zero-order valence-electron chi connectivity index (χ0n) is 17.0. The number of nitrogens with zero attached hydrogens (tertiary/aromatic N) is 1. The van der Waals surface area contributed by atoms with E-state index in [0.29, 0.717) is 0 Å². The highest BCUT2D eigenvalue weighted by molar-refractivity contribution is 7.79. The SMILES string of the molecule is CCCCCCCCCCCCC(CCCC)N(C)C.O=S(=O)(O)O. The van der Waals surface area contributed by atoms with Gasteiger partial charge in [-0.25, -0.2) is 0 Å². The lowest BCUT2D eigenvalue weighted by molar-refractivity contribution is 0.253. The Morgan fingerprint density at radius 1 is 0.680 bits per heavy atom. The van der Waals surface area contributed by atoms with Crippen LogP contribution in [0.2, 0.25) is 0 Å². The molecule has 6 heteroatoms.